The predicted molar refractivity (Wildman–Crippen MR) is 77.3 cm³/mol. The number of furan rings is 1. The van der Waals surface area contributed by atoms with Crippen LogP contribution >= 0.6 is 0 Å². The second kappa shape index (κ2) is 6.61. The van der Waals surface area contributed by atoms with Crippen LogP contribution in [-0.2, 0) is 11.3 Å². The fourth-order valence-corrected chi connectivity index (χ4v) is 1.69. The lowest BCUT2D eigenvalue weighted by atomic mass is 10.2. The molecule has 1 amide bonds. The topological polar surface area (TPSA) is 51.5 Å². The van der Waals surface area contributed by atoms with Crippen molar-refractivity contribution in [2.45, 2.75) is 13.5 Å². The Bertz CT molecular complexity index is 596. The van der Waals surface area contributed by atoms with Crippen molar-refractivity contribution in [2.24, 2.45) is 0 Å². The maximum Gasteiger partial charge on any atom is 0.244 e. The van der Waals surface area contributed by atoms with Gasteiger partial charge in [0.25, 0.3) is 0 Å². The summed E-state index contributed by atoms with van der Waals surface area (Å²) in [5.74, 6) is 2.13. The van der Waals surface area contributed by atoms with Gasteiger partial charge in [0.15, 0.2) is 0 Å². The molecule has 20 heavy (non-hydrogen) atoms. The molecule has 0 unspecified atom stereocenters. The van der Waals surface area contributed by atoms with Crippen LogP contribution in [0.4, 0.5) is 0 Å². The zero-order valence-corrected chi connectivity index (χ0v) is 11.6. The Morgan fingerprint density at radius 2 is 2.00 bits per heavy atom. The molecule has 0 saturated heterocycles. The molecule has 2 aromatic rings. The van der Waals surface area contributed by atoms with Crippen LogP contribution in [0.1, 0.15) is 17.1 Å². The summed E-state index contributed by atoms with van der Waals surface area (Å²) >= 11 is 0. The van der Waals surface area contributed by atoms with Crippen LogP contribution in [0.2, 0.25) is 0 Å². The first-order chi connectivity index (χ1) is 9.67. The van der Waals surface area contributed by atoms with Crippen molar-refractivity contribution in [3.8, 4) is 5.75 Å². The lowest BCUT2D eigenvalue weighted by Crippen LogP contribution is -2.20. The van der Waals surface area contributed by atoms with E-state index in [0.29, 0.717) is 12.3 Å². The first-order valence-electron chi connectivity index (χ1n) is 6.32. The van der Waals surface area contributed by atoms with Gasteiger partial charge in [-0.1, -0.05) is 12.1 Å². The van der Waals surface area contributed by atoms with Crippen LogP contribution in [0.3, 0.4) is 0 Å². The molecule has 0 aliphatic heterocycles. The average Bonchev–Trinajstić information content (AvgIpc) is 2.89. The summed E-state index contributed by atoms with van der Waals surface area (Å²) in [5.41, 5.74) is 1.02. The smallest absolute Gasteiger partial charge is 0.244 e. The van der Waals surface area contributed by atoms with Gasteiger partial charge >= 0.3 is 0 Å². The van der Waals surface area contributed by atoms with Crippen molar-refractivity contribution in [3.63, 3.8) is 0 Å². The molecular formula is C16H17NO3. The molecule has 0 bridgehead atoms. The summed E-state index contributed by atoms with van der Waals surface area (Å²) in [6, 6.07) is 11.2. The molecule has 1 aromatic heterocycles. The molecule has 0 aliphatic rings. The van der Waals surface area contributed by atoms with Crippen molar-refractivity contribution in [1.82, 2.24) is 5.32 Å². The van der Waals surface area contributed by atoms with E-state index in [9.17, 15) is 4.79 Å². The van der Waals surface area contributed by atoms with Crippen LogP contribution in [0, 0.1) is 6.92 Å². The Kier molecular flexibility index (Phi) is 4.60. The minimum Gasteiger partial charge on any atom is -0.497 e. The van der Waals surface area contributed by atoms with Gasteiger partial charge in [0.05, 0.1) is 7.11 Å². The number of ether oxygens (including phenoxy) is 1. The number of aryl methyl sites for hydroxylation is 1. The third-order valence-electron chi connectivity index (χ3n) is 2.79. The van der Waals surface area contributed by atoms with Crippen LogP contribution in [-0.4, -0.2) is 13.0 Å². The van der Waals surface area contributed by atoms with Crippen LogP contribution in [0.5, 0.6) is 5.75 Å². The normalized spacial score (nSPS) is 10.7. The molecule has 2 rings (SSSR count). The van der Waals surface area contributed by atoms with E-state index in [1.54, 1.807) is 13.2 Å². The molecule has 1 N–H and O–H groups in total. The third kappa shape index (κ3) is 4.02. The van der Waals surface area contributed by atoms with E-state index in [0.717, 1.165) is 17.1 Å². The summed E-state index contributed by atoms with van der Waals surface area (Å²) in [5, 5.41) is 2.81. The molecule has 4 heteroatoms. The van der Waals surface area contributed by atoms with Crippen molar-refractivity contribution < 1.29 is 13.9 Å². The van der Waals surface area contributed by atoms with Gasteiger partial charge in [0.2, 0.25) is 5.91 Å². The highest BCUT2D eigenvalue weighted by atomic mass is 16.5. The first-order valence-corrected chi connectivity index (χ1v) is 6.32. The molecule has 0 atom stereocenters. The van der Waals surface area contributed by atoms with E-state index < -0.39 is 0 Å². The molecular weight excluding hydrogens is 254 g/mol. The average molecular weight is 271 g/mol. The summed E-state index contributed by atoms with van der Waals surface area (Å²) in [7, 11) is 1.62. The van der Waals surface area contributed by atoms with Crippen molar-refractivity contribution in [1.29, 1.82) is 0 Å². The molecule has 0 radical (unpaired) electrons. The maximum atomic E-state index is 11.7. The molecule has 0 spiro atoms. The van der Waals surface area contributed by atoms with Crippen LogP contribution in [0.15, 0.2) is 46.9 Å². The van der Waals surface area contributed by atoms with Gasteiger partial charge < -0.3 is 14.5 Å². The van der Waals surface area contributed by atoms with E-state index in [2.05, 4.69) is 5.32 Å². The van der Waals surface area contributed by atoms with E-state index in [4.69, 9.17) is 9.15 Å². The Labute approximate surface area is 118 Å². The number of nitrogens with one attached hydrogen (secondary N) is 1. The van der Waals surface area contributed by atoms with E-state index in [1.165, 1.54) is 6.08 Å². The Balaban J connectivity index is 1.83. The molecule has 0 saturated carbocycles. The summed E-state index contributed by atoms with van der Waals surface area (Å²) in [6.45, 7) is 2.34. The molecule has 0 fully saturated rings. The summed E-state index contributed by atoms with van der Waals surface area (Å²) < 4.78 is 10.4. The maximum absolute atomic E-state index is 11.7. The first kappa shape index (κ1) is 13.9. The second-order valence-electron chi connectivity index (χ2n) is 4.35. The number of carbonyl (C=O) groups is 1. The Morgan fingerprint density at radius 3 is 2.60 bits per heavy atom. The quantitative estimate of drug-likeness (QED) is 0.851. The zero-order chi connectivity index (χ0) is 14.4. The largest absolute Gasteiger partial charge is 0.497 e. The number of methoxy groups -OCH3 is 1. The number of hydrogen-bond acceptors (Lipinski definition) is 3. The molecule has 0 aliphatic carbocycles. The monoisotopic (exact) mass is 271 g/mol. The van der Waals surface area contributed by atoms with Gasteiger partial charge in [-0.15, -0.1) is 0 Å². The van der Waals surface area contributed by atoms with Gasteiger partial charge in [-0.2, -0.15) is 0 Å². The molecule has 4 nitrogen and oxygen atoms in total. The number of benzene rings is 1. The Morgan fingerprint density at radius 1 is 1.25 bits per heavy atom. The van der Waals surface area contributed by atoms with Crippen LogP contribution in [0.25, 0.3) is 6.08 Å². The minimum absolute atomic E-state index is 0.158. The van der Waals surface area contributed by atoms with Gasteiger partial charge in [-0.25, -0.2) is 0 Å². The van der Waals surface area contributed by atoms with Gasteiger partial charge in [-0.3, -0.25) is 4.79 Å². The zero-order valence-electron chi connectivity index (χ0n) is 11.6. The van der Waals surface area contributed by atoms with Crippen molar-refractivity contribution in [2.75, 3.05) is 7.11 Å². The number of rotatable bonds is 5. The summed E-state index contributed by atoms with van der Waals surface area (Å²) in [4.78, 5) is 11.7. The lowest BCUT2D eigenvalue weighted by Gasteiger charge is -2.04. The third-order valence-corrected chi connectivity index (χ3v) is 2.79. The van der Waals surface area contributed by atoms with E-state index in [1.807, 2.05) is 43.3 Å². The molecule has 1 aromatic carbocycles. The highest BCUT2D eigenvalue weighted by Crippen LogP contribution is 2.11. The van der Waals surface area contributed by atoms with Crippen molar-refractivity contribution in [3.05, 3.63) is 59.6 Å². The fraction of sp³-hybridized carbons (Fsp3) is 0.188. The highest BCUT2D eigenvalue weighted by molar-refractivity contribution is 5.91. The number of hydrogen-bond donors (Lipinski definition) is 1. The van der Waals surface area contributed by atoms with Gasteiger partial charge in [0, 0.05) is 12.6 Å². The lowest BCUT2D eigenvalue weighted by molar-refractivity contribution is -0.116. The summed E-state index contributed by atoms with van der Waals surface area (Å²) in [6.07, 6.45) is 3.11. The minimum atomic E-state index is -0.158. The SMILES string of the molecule is COc1ccc(CNC(=O)C=Cc2ccc(C)o2)cc1. The standard InChI is InChI=1S/C16H17NO3/c1-12-3-6-15(20-12)9-10-16(18)17-11-13-4-7-14(19-2)8-5-13/h3-10H,11H2,1-2H3,(H,17,18). The van der Waals surface area contributed by atoms with Gasteiger partial charge in [0.1, 0.15) is 17.3 Å². The molecule has 104 valence electrons. The molecule has 1 heterocycles. The van der Waals surface area contributed by atoms with E-state index in [-0.39, 0.29) is 5.91 Å². The van der Waals surface area contributed by atoms with E-state index >= 15 is 0 Å². The van der Waals surface area contributed by atoms with Gasteiger partial charge in [-0.05, 0) is 42.8 Å². The number of carbonyl (C=O) groups excluding carboxylic acids is 1. The van der Waals surface area contributed by atoms with Crippen LogP contribution < -0.4 is 10.1 Å². The highest BCUT2D eigenvalue weighted by Gasteiger charge is 1.99. The van der Waals surface area contributed by atoms with Crippen molar-refractivity contribution >= 4 is 12.0 Å². The fourth-order valence-electron chi connectivity index (χ4n) is 1.69. The number of amides is 1. The second-order valence-corrected chi connectivity index (χ2v) is 4.35. The Hall–Kier alpha value is -2.49. The predicted octanol–water partition coefficient (Wildman–Crippen LogP) is 2.93.